The maximum Gasteiger partial charge on any atom is 0.416 e. The van der Waals surface area contributed by atoms with Crippen molar-refractivity contribution in [1.82, 2.24) is 9.62 Å². The Morgan fingerprint density at radius 2 is 1.94 bits per heavy atom. The molecule has 2 aliphatic carbocycles. The van der Waals surface area contributed by atoms with Crippen molar-refractivity contribution in [1.29, 1.82) is 0 Å². The number of nitrogens with zero attached hydrogens (tertiary/aromatic N) is 1. The first-order chi connectivity index (χ1) is 15.5. The fourth-order valence-corrected chi connectivity index (χ4v) is 6.95. The molecule has 5 rings (SSSR count). The maximum absolute atomic E-state index is 13.3. The number of phenols is 1. The number of alkyl halides is 3. The summed E-state index contributed by atoms with van der Waals surface area (Å²) in [6.45, 7) is 3.70. The molecule has 2 aromatic rings. The molecule has 1 unspecified atom stereocenters. The van der Waals surface area contributed by atoms with Crippen molar-refractivity contribution >= 4 is 10.0 Å². The number of benzene rings is 2. The molecule has 0 amide bonds. The molecule has 2 aromatic carbocycles. The van der Waals surface area contributed by atoms with E-state index in [1.54, 1.807) is 12.1 Å². The molecule has 1 saturated heterocycles. The number of fused-ring (bicyclic) bond motifs is 4. The van der Waals surface area contributed by atoms with Crippen molar-refractivity contribution in [2.24, 2.45) is 5.92 Å². The van der Waals surface area contributed by atoms with Crippen LogP contribution in [0, 0.1) is 5.92 Å². The van der Waals surface area contributed by atoms with E-state index in [9.17, 15) is 26.7 Å². The number of likely N-dealkylation sites (tertiary alicyclic amines) is 1. The summed E-state index contributed by atoms with van der Waals surface area (Å²) in [5, 5.41) is 10.1. The highest BCUT2D eigenvalue weighted by atomic mass is 32.2. The lowest BCUT2D eigenvalue weighted by Gasteiger charge is -2.55. The number of hydrogen-bond acceptors (Lipinski definition) is 4. The lowest BCUT2D eigenvalue weighted by atomic mass is 9.62. The van der Waals surface area contributed by atoms with Crippen molar-refractivity contribution in [3.63, 3.8) is 0 Å². The molecule has 0 spiro atoms. The minimum atomic E-state index is -4.63. The van der Waals surface area contributed by atoms with E-state index in [-0.39, 0.29) is 11.8 Å². The van der Waals surface area contributed by atoms with Crippen LogP contribution in [0.1, 0.15) is 42.9 Å². The van der Waals surface area contributed by atoms with Crippen LogP contribution in [0.5, 0.6) is 5.75 Å². The van der Waals surface area contributed by atoms with Gasteiger partial charge in [0.05, 0.1) is 10.5 Å². The summed E-state index contributed by atoms with van der Waals surface area (Å²) in [6.07, 6.45) is -0.982. The second kappa shape index (κ2) is 7.71. The summed E-state index contributed by atoms with van der Waals surface area (Å²) in [5.74, 6) is 0.740. The highest BCUT2D eigenvalue weighted by molar-refractivity contribution is 7.89. The van der Waals surface area contributed by atoms with E-state index in [1.807, 2.05) is 13.0 Å². The van der Waals surface area contributed by atoms with E-state index in [0.717, 1.165) is 36.3 Å². The summed E-state index contributed by atoms with van der Waals surface area (Å²) in [5.41, 5.74) is 0.397. The molecular weight excluding hydrogens is 453 g/mol. The number of piperidine rings is 1. The van der Waals surface area contributed by atoms with Gasteiger partial charge in [-0.25, -0.2) is 13.1 Å². The Bertz CT molecular complexity index is 1180. The molecule has 3 aliphatic rings. The largest absolute Gasteiger partial charge is 0.508 e. The van der Waals surface area contributed by atoms with E-state index < -0.39 is 38.1 Å². The van der Waals surface area contributed by atoms with Gasteiger partial charge in [0.15, 0.2) is 0 Å². The van der Waals surface area contributed by atoms with Gasteiger partial charge in [0.1, 0.15) is 5.75 Å². The first kappa shape index (κ1) is 22.7. The van der Waals surface area contributed by atoms with E-state index in [4.69, 9.17) is 0 Å². The number of rotatable bonds is 5. The van der Waals surface area contributed by atoms with Gasteiger partial charge in [-0.2, -0.15) is 13.2 Å². The third-order valence-electron chi connectivity index (χ3n) is 7.54. The minimum Gasteiger partial charge on any atom is -0.508 e. The number of hydrogen-bond donors (Lipinski definition) is 2. The van der Waals surface area contributed by atoms with Crippen molar-refractivity contribution in [2.75, 3.05) is 13.1 Å². The zero-order valence-electron chi connectivity index (χ0n) is 18.3. The Kier molecular flexibility index (Phi) is 5.30. The number of nitrogens with one attached hydrogen (secondary N) is 1. The molecule has 0 aromatic heterocycles. The summed E-state index contributed by atoms with van der Waals surface area (Å²) in [6, 6.07) is 8.48. The maximum atomic E-state index is 13.3. The van der Waals surface area contributed by atoms with Crippen LogP contribution in [0.4, 0.5) is 13.2 Å². The van der Waals surface area contributed by atoms with Gasteiger partial charge in [-0.15, -0.1) is 0 Å². The highest BCUT2D eigenvalue weighted by Crippen LogP contribution is 2.47. The van der Waals surface area contributed by atoms with Crippen LogP contribution in [0.3, 0.4) is 0 Å². The predicted molar refractivity (Wildman–Crippen MR) is 117 cm³/mol. The van der Waals surface area contributed by atoms with Crippen LogP contribution >= 0.6 is 0 Å². The van der Waals surface area contributed by atoms with E-state index in [1.165, 1.54) is 18.9 Å². The summed E-state index contributed by atoms with van der Waals surface area (Å²) in [7, 11) is -4.21. The van der Waals surface area contributed by atoms with Gasteiger partial charge >= 0.3 is 6.18 Å². The second-order valence-electron chi connectivity index (χ2n) is 9.84. The molecule has 2 fully saturated rings. The fraction of sp³-hybridized carbons (Fsp3) is 0.500. The van der Waals surface area contributed by atoms with Crippen molar-refractivity contribution < 1.29 is 26.7 Å². The topological polar surface area (TPSA) is 69.6 Å². The van der Waals surface area contributed by atoms with Gasteiger partial charge in [-0.05, 0) is 79.6 Å². The lowest BCUT2D eigenvalue weighted by molar-refractivity contribution is -0.137. The molecule has 2 bridgehead atoms. The molecule has 5 nitrogen and oxygen atoms in total. The molecule has 1 saturated carbocycles. The van der Waals surface area contributed by atoms with Gasteiger partial charge in [-0.1, -0.05) is 19.1 Å². The quantitative estimate of drug-likeness (QED) is 0.678. The van der Waals surface area contributed by atoms with E-state index >= 15 is 0 Å². The van der Waals surface area contributed by atoms with Gasteiger partial charge in [0, 0.05) is 24.0 Å². The zero-order valence-corrected chi connectivity index (χ0v) is 19.1. The van der Waals surface area contributed by atoms with Gasteiger partial charge in [-0.3, -0.25) is 4.90 Å². The van der Waals surface area contributed by atoms with Gasteiger partial charge < -0.3 is 5.11 Å². The Morgan fingerprint density at radius 1 is 1.18 bits per heavy atom. The Morgan fingerprint density at radius 3 is 2.64 bits per heavy atom. The smallest absolute Gasteiger partial charge is 0.416 e. The van der Waals surface area contributed by atoms with Crippen LogP contribution in [-0.4, -0.2) is 43.6 Å². The molecule has 3 atom stereocenters. The monoisotopic (exact) mass is 480 g/mol. The van der Waals surface area contributed by atoms with Crippen molar-refractivity contribution in [3.05, 3.63) is 59.2 Å². The van der Waals surface area contributed by atoms with Crippen LogP contribution in [0.25, 0.3) is 0 Å². The van der Waals surface area contributed by atoms with E-state index in [0.29, 0.717) is 24.8 Å². The molecule has 9 heteroatoms. The molecule has 33 heavy (non-hydrogen) atoms. The average Bonchev–Trinajstić information content (AvgIpc) is 3.56. The molecule has 2 N–H and O–H groups in total. The van der Waals surface area contributed by atoms with Crippen LogP contribution in [0.2, 0.25) is 0 Å². The summed E-state index contributed by atoms with van der Waals surface area (Å²) >= 11 is 0. The first-order valence-electron chi connectivity index (χ1n) is 11.2. The Hall–Kier alpha value is -2.10. The van der Waals surface area contributed by atoms with Crippen molar-refractivity contribution in [2.45, 2.75) is 61.2 Å². The molecule has 0 radical (unpaired) electrons. The Labute approximate surface area is 191 Å². The normalized spacial score (nSPS) is 27.9. The standard InChI is InChI=1S/C24H27F3N2O3S/c1-23-9-10-29(14-15-5-6-15)21(11-16-7-8-18(30)13-20(16)23)22(23)28-33(31,32)19-4-2-3-17(12-19)24(25,26)27/h2-4,7-8,12-13,15,21-22,28,30H,5-6,9-11,14H2,1H3/t21-,22-,23?/m1/s1. The fourth-order valence-electron chi connectivity index (χ4n) is 5.52. The van der Waals surface area contributed by atoms with Crippen LogP contribution in [-0.2, 0) is 28.0 Å². The molecule has 1 aliphatic heterocycles. The second-order valence-corrected chi connectivity index (χ2v) is 11.6. The Balaban J connectivity index is 1.54. The molecule has 1 heterocycles. The van der Waals surface area contributed by atoms with Gasteiger partial charge in [0.2, 0.25) is 10.0 Å². The third-order valence-corrected chi connectivity index (χ3v) is 8.98. The summed E-state index contributed by atoms with van der Waals surface area (Å²) < 4.78 is 69.1. The third kappa shape index (κ3) is 4.15. The van der Waals surface area contributed by atoms with E-state index in [2.05, 4.69) is 9.62 Å². The molecular formula is C24H27F3N2O3S. The lowest BCUT2D eigenvalue weighted by Crippen LogP contribution is -2.67. The number of halogens is 3. The first-order valence-corrected chi connectivity index (χ1v) is 12.7. The SMILES string of the molecule is CC12CCN(CC3CC3)[C@H](Cc3ccc(O)cc31)[C@H]2NS(=O)(=O)c1cccc(C(F)(F)F)c1. The number of aromatic hydroxyl groups is 1. The van der Waals surface area contributed by atoms with Crippen LogP contribution < -0.4 is 4.72 Å². The molecule has 178 valence electrons. The average molecular weight is 481 g/mol. The number of phenolic OH excluding ortho intramolecular Hbond substituents is 1. The zero-order chi connectivity index (χ0) is 23.6. The van der Waals surface area contributed by atoms with Gasteiger partial charge in [0.25, 0.3) is 0 Å². The highest BCUT2D eigenvalue weighted by Gasteiger charge is 2.52. The van der Waals surface area contributed by atoms with Crippen molar-refractivity contribution in [3.8, 4) is 5.75 Å². The minimum absolute atomic E-state index is 0.109. The summed E-state index contributed by atoms with van der Waals surface area (Å²) in [4.78, 5) is 1.95. The van der Waals surface area contributed by atoms with Crippen LogP contribution in [0.15, 0.2) is 47.4 Å². The predicted octanol–water partition coefficient (Wildman–Crippen LogP) is 4.06. The number of sulfonamides is 1.